The highest BCUT2D eigenvalue weighted by molar-refractivity contribution is 6.33. The number of hydrogen-bond donors (Lipinski definition) is 4. The van der Waals surface area contributed by atoms with E-state index in [-0.39, 0.29) is 35.8 Å². The predicted octanol–water partition coefficient (Wildman–Crippen LogP) is 2.98. The zero-order valence-corrected chi connectivity index (χ0v) is 23.4. The van der Waals surface area contributed by atoms with E-state index in [1.54, 1.807) is 13.2 Å². The summed E-state index contributed by atoms with van der Waals surface area (Å²) in [5.41, 5.74) is 1.19. The molecular formula is C27H37ClN6O5. The van der Waals surface area contributed by atoms with Crippen LogP contribution in [0.15, 0.2) is 24.5 Å². The van der Waals surface area contributed by atoms with Gasteiger partial charge in [0, 0.05) is 44.4 Å². The number of carbonyl (C=O) groups is 3. The first-order chi connectivity index (χ1) is 18.7. The molecule has 0 radical (unpaired) electrons. The lowest BCUT2D eigenvalue weighted by atomic mass is 9.85. The van der Waals surface area contributed by atoms with E-state index < -0.39 is 17.4 Å². The summed E-state index contributed by atoms with van der Waals surface area (Å²) >= 11 is 6.38. The number of ether oxygens (including phenoxy) is 2. The molecule has 1 aromatic carbocycles. The van der Waals surface area contributed by atoms with Gasteiger partial charge in [0.15, 0.2) is 5.69 Å². The van der Waals surface area contributed by atoms with Gasteiger partial charge in [-0.05, 0) is 57.7 Å². The number of morpholine rings is 1. The largest absolute Gasteiger partial charge is 0.378 e. The number of methoxy groups -OCH3 is 1. The molecule has 2 aromatic rings. The first-order valence-electron chi connectivity index (χ1n) is 13.3. The van der Waals surface area contributed by atoms with Crippen molar-refractivity contribution < 1.29 is 23.9 Å². The summed E-state index contributed by atoms with van der Waals surface area (Å²) in [6.07, 6.45) is 3.86. The van der Waals surface area contributed by atoms with E-state index in [2.05, 4.69) is 30.8 Å². The van der Waals surface area contributed by atoms with Gasteiger partial charge in [-0.25, -0.2) is 4.98 Å². The van der Waals surface area contributed by atoms with E-state index in [0.29, 0.717) is 49.6 Å². The lowest BCUT2D eigenvalue weighted by Gasteiger charge is -2.30. The third kappa shape index (κ3) is 7.49. The quantitative estimate of drug-likeness (QED) is 0.370. The summed E-state index contributed by atoms with van der Waals surface area (Å²) in [5, 5.41) is 9.22. The number of nitrogens with one attached hydrogen (secondary N) is 4. The number of H-pyrrole nitrogens is 1. The maximum atomic E-state index is 13.0. The Balaban J connectivity index is 1.28. The molecule has 12 heteroatoms. The van der Waals surface area contributed by atoms with Crippen molar-refractivity contribution in [3.05, 3.63) is 40.9 Å². The number of hydrogen-bond acceptors (Lipinski definition) is 7. The second-order valence-electron chi connectivity index (χ2n) is 10.5. The zero-order valence-electron chi connectivity index (χ0n) is 22.6. The van der Waals surface area contributed by atoms with E-state index in [9.17, 15) is 14.4 Å². The molecule has 0 spiro atoms. The minimum Gasteiger partial charge on any atom is -0.378 e. The van der Waals surface area contributed by atoms with E-state index in [1.165, 1.54) is 6.33 Å². The normalized spacial score (nSPS) is 19.8. The maximum absolute atomic E-state index is 13.0. The third-order valence-electron chi connectivity index (χ3n) is 7.33. The molecule has 0 atom stereocenters. The molecule has 0 bridgehead atoms. The molecule has 11 nitrogen and oxygen atoms in total. The van der Waals surface area contributed by atoms with E-state index in [1.807, 2.05) is 26.0 Å². The Morgan fingerprint density at radius 3 is 2.56 bits per heavy atom. The average molecular weight is 561 g/mol. The number of amides is 3. The summed E-state index contributed by atoms with van der Waals surface area (Å²) < 4.78 is 10.7. The fourth-order valence-corrected chi connectivity index (χ4v) is 4.87. The molecule has 3 amide bonds. The second-order valence-corrected chi connectivity index (χ2v) is 11.0. The van der Waals surface area contributed by atoms with Gasteiger partial charge in [0.25, 0.3) is 11.8 Å². The molecule has 1 aliphatic heterocycles. The number of aromatic nitrogens is 2. The lowest BCUT2D eigenvalue weighted by Crippen LogP contribution is -2.42. The number of benzene rings is 1. The smallest absolute Gasteiger partial charge is 0.272 e. The van der Waals surface area contributed by atoms with Crippen molar-refractivity contribution in [3.8, 4) is 0 Å². The Labute approximate surface area is 233 Å². The first-order valence-corrected chi connectivity index (χ1v) is 13.7. The van der Waals surface area contributed by atoms with Crippen LogP contribution in [0.2, 0.25) is 5.02 Å². The Morgan fingerprint density at radius 2 is 1.87 bits per heavy atom. The topological polar surface area (TPSA) is 138 Å². The zero-order chi connectivity index (χ0) is 28.0. The molecule has 1 aromatic heterocycles. The molecule has 39 heavy (non-hydrogen) atoms. The van der Waals surface area contributed by atoms with Crippen LogP contribution in [0, 0.1) is 5.92 Å². The fraction of sp³-hybridized carbons (Fsp3) is 0.556. The number of rotatable bonds is 9. The van der Waals surface area contributed by atoms with Crippen LogP contribution in [0.4, 0.5) is 11.4 Å². The summed E-state index contributed by atoms with van der Waals surface area (Å²) in [7, 11) is 1.57. The summed E-state index contributed by atoms with van der Waals surface area (Å²) in [6.45, 7) is 6.89. The molecule has 1 saturated heterocycles. The first kappa shape index (κ1) is 28.8. The van der Waals surface area contributed by atoms with Crippen molar-refractivity contribution in [3.63, 3.8) is 0 Å². The number of nitrogens with zero attached hydrogens (tertiary/aromatic N) is 2. The van der Waals surface area contributed by atoms with Gasteiger partial charge in [-0.2, -0.15) is 0 Å². The fourth-order valence-electron chi connectivity index (χ4n) is 4.71. The van der Waals surface area contributed by atoms with Crippen LogP contribution in [0.5, 0.6) is 0 Å². The molecule has 0 unspecified atom stereocenters. The molecule has 1 saturated carbocycles. The Bertz CT molecular complexity index is 1170. The van der Waals surface area contributed by atoms with E-state index in [0.717, 1.165) is 18.8 Å². The van der Waals surface area contributed by atoms with Gasteiger partial charge in [0.05, 0.1) is 35.9 Å². The van der Waals surface area contributed by atoms with Gasteiger partial charge in [-0.1, -0.05) is 11.6 Å². The SMILES string of the molecule is COC(C)(C)CNC(=O)c1nc[nH]c1C(=O)N[C@H]1CC[C@H](C(=O)Nc2cc(N3CCOCC3)ccc2Cl)CC1. The highest BCUT2D eigenvalue weighted by Crippen LogP contribution is 2.31. The van der Waals surface area contributed by atoms with Crippen molar-refractivity contribution in [2.24, 2.45) is 5.92 Å². The van der Waals surface area contributed by atoms with Crippen LogP contribution in [-0.4, -0.2) is 79.3 Å². The lowest BCUT2D eigenvalue weighted by molar-refractivity contribution is -0.120. The Morgan fingerprint density at radius 1 is 1.15 bits per heavy atom. The number of aromatic amines is 1. The van der Waals surface area contributed by atoms with E-state index >= 15 is 0 Å². The predicted molar refractivity (Wildman–Crippen MR) is 148 cm³/mol. The van der Waals surface area contributed by atoms with Gasteiger partial charge >= 0.3 is 0 Å². The minimum absolute atomic E-state index is 0.0312. The number of anilines is 2. The highest BCUT2D eigenvalue weighted by atomic mass is 35.5. The van der Waals surface area contributed by atoms with Crippen LogP contribution in [0.25, 0.3) is 0 Å². The summed E-state index contributed by atoms with van der Waals surface area (Å²) in [5.74, 6) is -1.11. The van der Waals surface area contributed by atoms with Crippen LogP contribution >= 0.6 is 11.6 Å². The van der Waals surface area contributed by atoms with Crippen molar-refractivity contribution in [1.82, 2.24) is 20.6 Å². The number of carbonyl (C=O) groups excluding carboxylic acids is 3. The van der Waals surface area contributed by atoms with Crippen LogP contribution in [0.3, 0.4) is 0 Å². The van der Waals surface area contributed by atoms with Crippen molar-refractivity contribution in [2.75, 3.05) is 50.2 Å². The van der Waals surface area contributed by atoms with Crippen LogP contribution in [-0.2, 0) is 14.3 Å². The summed E-state index contributed by atoms with van der Waals surface area (Å²) in [6, 6.07) is 5.55. The van der Waals surface area contributed by atoms with Gasteiger partial charge in [-0.3, -0.25) is 14.4 Å². The average Bonchev–Trinajstić information content (AvgIpc) is 3.44. The second kappa shape index (κ2) is 12.8. The van der Waals surface area contributed by atoms with Crippen molar-refractivity contribution in [2.45, 2.75) is 51.2 Å². The van der Waals surface area contributed by atoms with Crippen LogP contribution < -0.4 is 20.9 Å². The molecule has 2 fully saturated rings. The molecule has 2 heterocycles. The molecule has 4 N–H and O–H groups in total. The number of halogens is 1. The standard InChI is InChI=1S/C27H37ClN6O5/c1-27(2,38-3)15-29-25(36)22-23(31-16-30-22)26(37)32-18-6-4-17(5-7-18)24(35)33-21-14-19(8-9-20(21)28)34-10-12-39-13-11-34/h8-9,14,16-18H,4-7,10-13,15H2,1-3H3,(H,29,36)(H,30,31)(H,32,37)(H,33,35)/t17-,18-. The molecule has 1 aliphatic carbocycles. The number of imidazole rings is 1. The van der Waals surface area contributed by atoms with Crippen molar-refractivity contribution in [1.29, 1.82) is 0 Å². The maximum Gasteiger partial charge on any atom is 0.272 e. The van der Waals surface area contributed by atoms with Crippen LogP contribution in [0.1, 0.15) is 60.5 Å². The van der Waals surface area contributed by atoms with Gasteiger partial charge in [0.1, 0.15) is 5.69 Å². The molecule has 4 rings (SSSR count). The van der Waals surface area contributed by atoms with Crippen molar-refractivity contribution >= 4 is 40.7 Å². The molecule has 2 aliphatic rings. The molecular weight excluding hydrogens is 524 g/mol. The third-order valence-corrected chi connectivity index (χ3v) is 7.66. The van der Waals surface area contributed by atoms with Gasteiger partial charge < -0.3 is 35.3 Å². The van der Waals surface area contributed by atoms with E-state index in [4.69, 9.17) is 21.1 Å². The Hall–Kier alpha value is -3.15. The van der Waals surface area contributed by atoms with Gasteiger partial charge in [0.2, 0.25) is 5.91 Å². The van der Waals surface area contributed by atoms with Gasteiger partial charge in [-0.15, -0.1) is 0 Å². The monoisotopic (exact) mass is 560 g/mol. The molecule has 212 valence electrons. The Kier molecular flexibility index (Phi) is 9.47. The highest BCUT2D eigenvalue weighted by Gasteiger charge is 2.30. The summed E-state index contributed by atoms with van der Waals surface area (Å²) in [4.78, 5) is 47.6. The minimum atomic E-state index is -0.545.